The summed E-state index contributed by atoms with van der Waals surface area (Å²) in [7, 11) is 2.25. The third-order valence-corrected chi connectivity index (χ3v) is 5.83. The minimum absolute atomic E-state index is 0. The Morgan fingerprint density at radius 3 is 2.22 bits per heavy atom. The van der Waals surface area contributed by atoms with Gasteiger partial charge in [-0.1, -0.05) is 36.0 Å². The fourth-order valence-corrected chi connectivity index (χ4v) is 4.75. The van der Waals surface area contributed by atoms with Gasteiger partial charge in [-0.2, -0.15) is 0 Å². The molecule has 1 saturated heterocycles. The van der Waals surface area contributed by atoms with Gasteiger partial charge in [-0.3, -0.25) is 0 Å². The standard InChI is InChI=1S/C19H22N2S.ClH/c1-20-12-6-7-15(13-20)14-21-16-8-2-4-10-18(16)22-19-11-5-3-9-17(19)21;/h2-5,8-11,15H,6-7,12-14H2,1H3;1H/t15-;/m0./s1. The van der Waals surface area contributed by atoms with Gasteiger partial charge in [0.1, 0.15) is 0 Å². The molecule has 23 heavy (non-hydrogen) atoms. The number of anilines is 2. The van der Waals surface area contributed by atoms with Crippen molar-refractivity contribution >= 4 is 35.5 Å². The second kappa shape index (κ2) is 7.16. The van der Waals surface area contributed by atoms with Crippen molar-refractivity contribution in [3.8, 4) is 0 Å². The number of hydrogen-bond acceptors (Lipinski definition) is 3. The average molecular weight is 347 g/mol. The molecule has 4 heteroatoms. The van der Waals surface area contributed by atoms with Crippen LogP contribution < -0.4 is 4.90 Å². The monoisotopic (exact) mass is 346 g/mol. The topological polar surface area (TPSA) is 6.48 Å². The van der Waals surface area contributed by atoms with Gasteiger partial charge in [0.25, 0.3) is 0 Å². The molecule has 1 atom stereocenters. The van der Waals surface area contributed by atoms with E-state index in [-0.39, 0.29) is 12.4 Å². The first-order valence-corrected chi connectivity index (χ1v) is 8.95. The number of piperidine rings is 1. The second-order valence-electron chi connectivity index (χ2n) is 6.42. The summed E-state index contributed by atoms with van der Waals surface area (Å²) in [5, 5.41) is 0. The molecule has 0 saturated carbocycles. The molecule has 2 nitrogen and oxygen atoms in total. The van der Waals surface area contributed by atoms with E-state index in [1.165, 1.54) is 47.1 Å². The average Bonchev–Trinajstić information content (AvgIpc) is 2.55. The van der Waals surface area contributed by atoms with E-state index >= 15 is 0 Å². The zero-order valence-electron chi connectivity index (χ0n) is 13.4. The van der Waals surface area contributed by atoms with Crippen LogP contribution in [0.3, 0.4) is 0 Å². The summed E-state index contributed by atoms with van der Waals surface area (Å²) in [6.07, 6.45) is 2.67. The van der Waals surface area contributed by atoms with Crippen LogP contribution in [-0.2, 0) is 0 Å². The van der Waals surface area contributed by atoms with E-state index in [1.807, 2.05) is 11.8 Å². The summed E-state index contributed by atoms with van der Waals surface area (Å²) in [6, 6.07) is 17.6. The van der Waals surface area contributed by atoms with E-state index in [0.717, 1.165) is 12.5 Å². The third kappa shape index (κ3) is 3.37. The van der Waals surface area contributed by atoms with Gasteiger partial charge in [0.15, 0.2) is 0 Å². The summed E-state index contributed by atoms with van der Waals surface area (Å²) < 4.78 is 0. The maximum Gasteiger partial charge on any atom is 0.0552 e. The molecule has 0 N–H and O–H groups in total. The Balaban J connectivity index is 0.00000156. The minimum atomic E-state index is 0. The lowest BCUT2D eigenvalue weighted by molar-refractivity contribution is 0.214. The molecule has 122 valence electrons. The van der Waals surface area contributed by atoms with E-state index in [4.69, 9.17) is 0 Å². The lowest BCUT2D eigenvalue weighted by atomic mass is 9.97. The quantitative estimate of drug-likeness (QED) is 0.751. The van der Waals surface area contributed by atoms with E-state index in [0.29, 0.717) is 0 Å². The number of benzene rings is 2. The van der Waals surface area contributed by atoms with Gasteiger partial charge in [-0.05, 0) is 56.6 Å². The van der Waals surface area contributed by atoms with Crippen LogP contribution >= 0.6 is 24.2 Å². The van der Waals surface area contributed by atoms with Gasteiger partial charge in [0, 0.05) is 22.9 Å². The molecule has 1 fully saturated rings. The Bertz CT molecular complexity index is 630. The minimum Gasteiger partial charge on any atom is -0.339 e. The Morgan fingerprint density at radius 2 is 1.61 bits per heavy atom. The summed E-state index contributed by atoms with van der Waals surface area (Å²) in [6.45, 7) is 3.59. The summed E-state index contributed by atoms with van der Waals surface area (Å²) in [4.78, 5) is 7.78. The van der Waals surface area contributed by atoms with Crippen molar-refractivity contribution in [1.82, 2.24) is 4.90 Å². The highest BCUT2D eigenvalue weighted by atomic mass is 35.5. The SMILES string of the molecule is CN1CCC[C@H](CN2c3ccccc3Sc3ccccc32)C1.Cl. The number of rotatable bonds is 2. The first-order valence-electron chi connectivity index (χ1n) is 8.13. The molecule has 0 spiro atoms. The van der Waals surface area contributed by atoms with Gasteiger partial charge in [0.2, 0.25) is 0 Å². The fraction of sp³-hybridized carbons (Fsp3) is 0.368. The van der Waals surface area contributed by atoms with Crippen LogP contribution in [0, 0.1) is 5.92 Å². The van der Waals surface area contributed by atoms with Crippen molar-refractivity contribution in [2.45, 2.75) is 22.6 Å². The number of likely N-dealkylation sites (tertiary alicyclic amines) is 1. The maximum atomic E-state index is 2.55. The zero-order chi connectivity index (χ0) is 14.9. The Labute approximate surface area is 149 Å². The molecule has 0 amide bonds. The lowest BCUT2D eigenvalue weighted by Crippen LogP contribution is -2.38. The summed E-state index contributed by atoms with van der Waals surface area (Å²) in [5.41, 5.74) is 2.75. The first kappa shape index (κ1) is 16.7. The summed E-state index contributed by atoms with van der Waals surface area (Å²) in [5.74, 6) is 0.753. The highest BCUT2D eigenvalue weighted by Gasteiger charge is 2.26. The Morgan fingerprint density at radius 1 is 1.00 bits per heavy atom. The van der Waals surface area contributed by atoms with Gasteiger partial charge >= 0.3 is 0 Å². The fourth-order valence-electron chi connectivity index (χ4n) is 3.66. The number of fused-ring (bicyclic) bond motifs is 2. The van der Waals surface area contributed by atoms with Gasteiger partial charge in [-0.15, -0.1) is 12.4 Å². The number of nitrogens with zero attached hydrogens (tertiary/aromatic N) is 2. The molecule has 0 aromatic heterocycles. The molecule has 2 aliphatic rings. The van der Waals surface area contributed by atoms with Crippen LogP contribution in [0.1, 0.15) is 12.8 Å². The van der Waals surface area contributed by atoms with Crippen LogP contribution in [-0.4, -0.2) is 31.6 Å². The Kier molecular flexibility index (Phi) is 5.20. The smallest absolute Gasteiger partial charge is 0.0552 e. The summed E-state index contributed by atoms with van der Waals surface area (Å²) >= 11 is 1.90. The molecule has 2 aromatic rings. The second-order valence-corrected chi connectivity index (χ2v) is 7.50. The molecule has 2 heterocycles. The molecular weight excluding hydrogens is 324 g/mol. The lowest BCUT2D eigenvalue weighted by Gasteiger charge is -2.38. The van der Waals surface area contributed by atoms with Gasteiger partial charge < -0.3 is 9.80 Å². The largest absolute Gasteiger partial charge is 0.339 e. The molecular formula is C19H23ClN2S. The van der Waals surface area contributed by atoms with Crippen molar-refractivity contribution in [2.75, 3.05) is 31.6 Å². The highest BCUT2D eigenvalue weighted by molar-refractivity contribution is 7.99. The van der Waals surface area contributed by atoms with Crippen molar-refractivity contribution < 1.29 is 0 Å². The van der Waals surface area contributed by atoms with Crippen molar-refractivity contribution in [3.63, 3.8) is 0 Å². The van der Waals surface area contributed by atoms with Crippen LogP contribution in [0.15, 0.2) is 58.3 Å². The van der Waals surface area contributed by atoms with E-state index < -0.39 is 0 Å². The predicted molar refractivity (Wildman–Crippen MR) is 101 cm³/mol. The van der Waals surface area contributed by atoms with Gasteiger partial charge in [0.05, 0.1) is 11.4 Å². The molecule has 0 radical (unpaired) electrons. The van der Waals surface area contributed by atoms with Crippen molar-refractivity contribution in [3.05, 3.63) is 48.5 Å². The highest BCUT2D eigenvalue weighted by Crippen LogP contribution is 2.48. The molecule has 0 bridgehead atoms. The molecule has 0 unspecified atom stereocenters. The Hall–Kier alpha value is -1.16. The normalized spacial score (nSPS) is 20.4. The van der Waals surface area contributed by atoms with Crippen LogP contribution in [0.4, 0.5) is 11.4 Å². The van der Waals surface area contributed by atoms with Crippen molar-refractivity contribution in [2.24, 2.45) is 5.92 Å². The number of hydrogen-bond donors (Lipinski definition) is 0. The van der Waals surface area contributed by atoms with E-state index in [9.17, 15) is 0 Å². The molecule has 4 rings (SSSR count). The van der Waals surface area contributed by atoms with Crippen LogP contribution in [0.2, 0.25) is 0 Å². The number of halogens is 1. The maximum absolute atomic E-state index is 2.55. The molecule has 2 aliphatic heterocycles. The molecule has 2 aromatic carbocycles. The van der Waals surface area contributed by atoms with Gasteiger partial charge in [-0.25, -0.2) is 0 Å². The molecule has 0 aliphatic carbocycles. The van der Waals surface area contributed by atoms with Crippen LogP contribution in [0.25, 0.3) is 0 Å². The predicted octanol–water partition coefficient (Wildman–Crippen LogP) is 5.05. The third-order valence-electron chi connectivity index (χ3n) is 4.69. The zero-order valence-corrected chi connectivity index (χ0v) is 15.1. The number of para-hydroxylation sites is 2. The van der Waals surface area contributed by atoms with E-state index in [2.05, 4.69) is 65.4 Å². The van der Waals surface area contributed by atoms with Crippen molar-refractivity contribution in [1.29, 1.82) is 0 Å². The van der Waals surface area contributed by atoms with E-state index in [1.54, 1.807) is 0 Å². The van der Waals surface area contributed by atoms with Crippen LogP contribution in [0.5, 0.6) is 0 Å². The first-order chi connectivity index (χ1) is 10.8.